The molecule has 0 radical (unpaired) electrons. The maximum atomic E-state index is 11.5. The molecule has 6 heteroatoms. The van der Waals surface area contributed by atoms with Crippen molar-refractivity contribution >= 4 is 17.9 Å². The Labute approximate surface area is 93.9 Å². The first-order valence-electron chi connectivity index (χ1n) is 5.00. The number of likely N-dealkylation sites (tertiary alicyclic amines) is 1. The van der Waals surface area contributed by atoms with Gasteiger partial charge in [-0.1, -0.05) is 0 Å². The molecule has 1 fully saturated rings. The number of nitrogens with one attached hydrogen (secondary N) is 1. The van der Waals surface area contributed by atoms with Crippen molar-refractivity contribution in [1.82, 2.24) is 10.2 Å². The van der Waals surface area contributed by atoms with Crippen LogP contribution in [0, 0.1) is 0 Å². The summed E-state index contributed by atoms with van der Waals surface area (Å²) in [5, 5.41) is 2.37. The van der Waals surface area contributed by atoms with Crippen molar-refractivity contribution in [1.29, 1.82) is 0 Å². The lowest BCUT2D eigenvalue weighted by atomic mass is 10.2. The second kappa shape index (κ2) is 4.11. The smallest absolute Gasteiger partial charge is 0.408 e. The Kier molecular flexibility index (Phi) is 3.21. The number of hydrogen-bond acceptors (Lipinski definition) is 4. The number of imide groups is 1. The zero-order valence-electron chi connectivity index (χ0n) is 9.86. The SMILES string of the molecule is CN1C(=O)C[C@H](NC(=O)OC(C)(C)C)C1=O. The molecule has 0 saturated carbocycles. The van der Waals surface area contributed by atoms with Gasteiger partial charge in [0.1, 0.15) is 11.6 Å². The number of amides is 3. The molecule has 1 rings (SSSR count). The van der Waals surface area contributed by atoms with E-state index in [1.54, 1.807) is 20.8 Å². The van der Waals surface area contributed by atoms with Gasteiger partial charge in [-0.3, -0.25) is 14.5 Å². The van der Waals surface area contributed by atoms with Crippen LogP contribution in [0.15, 0.2) is 0 Å². The van der Waals surface area contributed by atoms with Crippen molar-refractivity contribution in [3.8, 4) is 0 Å². The van der Waals surface area contributed by atoms with Crippen LogP contribution in [0.4, 0.5) is 4.79 Å². The predicted octanol–water partition coefficient (Wildman–Crippen LogP) is 0.268. The molecule has 1 saturated heterocycles. The van der Waals surface area contributed by atoms with Gasteiger partial charge in [0.2, 0.25) is 5.91 Å². The summed E-state index contributed by atoms with van der Waals surface area (Å²) in [7, 11) is 1.39. The van der Waals surface area contributed by atoms with Crippen molar-refractivity contribution in [2.75, 3.05) is 7.05 Å². The summed E-state index contributed by atoms with van der Waals surface area (Å²) in [6.07, 6.45) is -0.692. The highest BCUT2D eigenvalue weighted by molar-refractivity contribution is 6.06. The van der Waals surface area contributed by atoms with E-state index in [0.29, 0.717) is 0 Å². The first-order valence-corrected chi connectivity index (χ1v) is 5.00. The number of carbonyl (C=O) groups is 3. The van der Waals surface area contributed by atoms with Gasteiger partial charge >= 0.3 is 6.09 Å². The summed E-state index contributed by atoms with van der Waals surface area (Å²) in [6, 6.07) is -0.799. The van der Waals surface area contributed by atoms with Gasteiger partial charge in [0.15, 0.2) is 0 Å². The normalized spacial score (nSPS) is 21.2. The van der Waals surface area contributed by atoms with Gasteiger partial charge < -0.3 is 10.1 Å². The Hall–Kier alpha value is -1.59. The Morgan fingerprint density at radius 2 is 2.00 bits per heavy atom. The van der Waals surface area contributed by atoms with E-state index in [-0.39, 0.29) is 12.3 Å². The number of likely N-dealkylation sites (N-methyl/N-ethyl adjacent to an activating group) is 1. The zero-order valence-corrected chi connectivity index (χ0v) is 9.86. The second-order valence-electron chi connectivity index (χ2n) is 4.69. The predicted molar refractivity (Wildman–Crippen MR) is 55.6 cm³/mol. The molecule has 16 heavy (non-hydrogen) atoms. The highest BCUT2D eigenvalue weighted by Gasteiger charge is 2.37. The summed E-state index contributed by atoms with van der Waals surface area (Å²) in [4.78, 5) is 35.0. The molecule has 1 aliphatic heterocycles. The average molecular weight is 228 g/mol. The summed E-state index contributed by atoms with van der Waals surface area (Å²) in [5.74, 6) is -0.707. The quantitative estimate of drug-likeness (QED) is 0.653. The van der Waals surface area contributed by atoms with E-state index in [0.717, 1.165) is 4.90 Å². The molecular formula is C10H16N2O4. The largest absolute Gasteiger partial charge is 0.444 e. The summed E-state index contributed by atoms with van der Waals surface area (Å²) in [6.45, 7) is 5.17. The summed E-state index contributed by atoms with van der Waals surface area (Å²) in [5.41, 5.74) is -0.623. The molecule has 0 aliphatic carbocycles. The topological polar surface area (TPSA) is 75.7 Å². The van der Waals surface area contributed by atoms with E-state index < -0.39 is 23.6 Å². The highest BCUT2D eigenvalue weighted by atomic mass is 16.6. The Balaban J connectivity index is 2.53. The lowest BCUT2D eigenvalue weighted by molar-refractivity contribution is -0.137. The van der Waals surface area contributed by atoms with Gasteiger partial charge in [-0.05, 0) is 20.8 Å². The molecule has 1 aliphatic rings. The lowest BCUT2D eigenvalue weighted by Gasteiger charge is -2.20. The standard InChI is InChI=1S/C10H16N2O4/c1-10(2,3)16-9(15)11-6-5-7(13)12(4)8(6)14/h6H,5H2,1-4H3,(H,11,15)/t6-/m0/s1. The first-order chi connectivity index (χ1) is 7.20. The number of hydrogen-bond donors (Lipinski definition) is 1. The molecule has 0 aromatic heterocycles. The third-order valence-corrected chi connectivity index (χ3v) is 2.07. The maximum Gasteiger partial charge on any atom is 0.408 e. The molecule has 6 nitrogen and oxygen atoms in total. The second-order valence-corrected chi connectivity index (χ2v) is 4.69. The lowest BCUT2D eigenvalue weighted by Crippen LogP contribution is -2.43. The fourth-order valence-corrected chi connectivity index (χ4v) is 1.32. The van der Waals surface area contributed by atoms with Gasteiger partial charge in [0.25, 0.3) is 5.91 Å². The Morgan fingerprint density at radius 1 is 1.44 bits per heavy atom. The molecule has 1 N–H and O–H groups in total. The molecule has 1 heterocycles. The molecule has 0 aromatic rings. The minimum Gasteiger partial charge on any atom is -0.444 e. The van der Waals surface area contributed by atoms with Gasteiger partial charge in [-0.25, -0.2) is 4.79 Å². The van der Waals surface area contributed by atoms with E-state index in [2.05, 4.69) is 5.32 Å². The number of rotatable bonds is 1. The molecule has 1 atom stereocenters. The number of ether oxygens (including phenoxy) is 1. The minimum atomic E-state index is -0.799. The monoisotopic (exact) mass is 228 g/mol. The van der Waals surface area contributed by atoms with Crippen LogP contribution in [0.1, 0.15) is 27.2 Å². The molecular weight excluding hydrogens is 212 g/mol. The first kappa shape index (κ1) is 12.5. The Bertz CT molecular complexity index is 332. The third-order valence-electron chi connectivity index (χ3n) is 2.07. The number of alkyl carbamates (subject to hydrolysis) is 1. The zero-order chi connectivity index (χ0) is 12.5. The Morgan fingerprint density at radius 3 is 2.38 bits per heavy atom. The number of nitrogens with zero attached hydrogens (tertiary/aromatic N) is 1. The summed E-state index contributed by atoms with van der Waals surface area (Å²) >= 11 is 0. The van der Waals surface area contributed by atoms with Crippen molar-refractivity contribution in [3.63, 3.8) is 0 Å². The molecule has 0 unspecified atom stereocenters. The van der Waals surface area contributed by atoms with Gasteiger partial charge in [-0.15, -0.1) is 0 Å². The van der Waals surface area contributed by atoms with Crippen molar-refractivity contribution < 1.29 is 19.1 Å². The van der Waals surface area contributed by atoms with E-state index in [4.69, 9.17) is 4.74 Å². The molecule has 3 amide bonds. The van der Waals surface area contributed by atoms with E-state index >= 15 is 0 Å². The molecule has 0 aromatic carbocycles. The van der Waals surface area contributed by atoms with Gasteiger partial charge in [-0.2, -0.15) is 0 Å². The van der Waals surface area contributed by atoms with Gasteiger partial charge in [0, 0.05) is 7.05 Å². The van der Waals surface area contributed by atoms with Crippen molar-refractivity contribution in [2.45, 2.75) is 38.8 Å². The maximum absolute atomic E-state index is 11.5. The van der Waals surface area contributed by atoms with E-state index in [9.17, 15) is 14.4 Å². The molecule has 0 spiro atoms. The van der Waals surface area contributed by atoms with E-state index in [1.165, 1.54) is 7.05 Å². The molecule has 90 valence electrons. The minimum absolute atomic E-state index is 0.00538. The van der Waals surface area contributed by atoms with Crippen LogP contribution in [0.2, 0.25) is 0 Å². The van der Waals surface area contributed by atoms with Crippen LogP contribution < -0.4 is 5.32 Å². The molecule has 0 bridgehead atoms. The fourth-order valence-electron chi connectivity index (χ4n) is 1.32. The van der Waals surface area contributed by atoms with Crippen LogP contribution in [0.3, 0.4) is 0 Å². The van der Waals surface area contributed by atoms with Crippen LogP contribution in [-0.2, 0) is 14.3 Å². The van der Waals surface area contributed by atoms with Gasteiger partial charge in [0.05, 0.1) is 6.42 Å². The van der Waals surface area contributed by atoms with Crippen molar-refractivity contribution in [3.05, 3.63) is 0 Å². The number of carbonyl (C=O) groups excluding carboxylic acids is 3. The highest BCUT2D eigenvalue weighted by Crippen LogP contribution is 2.12. The fraction of sp³-hybridized carbons (Fsp3) is 0.700. The van der Waals surface area contributed by atoms with Crippen LogP contribution in [-0.4, -0.2) is 41.5 Å². The van der Waals surface area contributed by atoms with Crippen LogP contribution in [0.5, 0.6) is 0 Å². The van der Waals surface area contributed by atoms with Crippen LogP contribution in [0.25, 0.3) is 0 Å². The van der Waals surface area contributed by atoms with E-state index in [1.807, 2.05) is 0 Å². The average Bonchev–Trinajstić information content (AvgIpc) is 2.30. The van der Waals surface area contributed by atoms with Crippen molar-refractivity contribution in [2.24, 2.45) is 0 Å². The third kappa shape index (κ3) is 2.95. The van der Waals surface area contributed by atoms with Crippen LogP contribution >= 0.6 is 0 Å². The summed E-state index contributed by atoms with van der Waals surface area (Å²) < 4.78 is 4.99.